The number of sulfonamides is 1. The van der Waals surface area contributed by atoms with Gasteiger partial charge in [0.25, 0.3) is 5.91 Å². The number of hydrogen-bond acceptors (Lipinski definition) is 5. The number of amides is 1. The summed E-state index contributed by atoms with van der Waals surface area (Å²) in [4.78, 5) is 16.3. The van der Waals surface area contributed by atoms with Crippen LogP contribution in [0.25, 0.3) is 0 Å². The van der Waals surface area contributed by atoms with E-state index in [0.717, 1.165) is 11.8 Å². The third kappa shape index (κ3) is 5.45. The maximum Gasteiger partial charge on any atom is 0.261 e. The fraction of sp³-hybridized carbons (Fsp3) is 0.333. The van der Waals surface area contributed by atoms with Gasteiger partial charge < -0.3 is 10.1 Å². The molecule has 1 atom stereocenters. The van der Waals surface area contributed by atoms with E-state index in [4.69, 9.17) is 4.74 Å². The Balaban J connectivity index is 1.97. The van der Waals surface area contributed by atoms with E-state index in [9.17, 15) is 13.2 Å². The molecule has 0 saturated carbocycles. The van der Waals surface area contributed by atoms with Gasteiger partial charge in [-0.2, -0.15) is 0 Å². The van der Waals surface area contributed by atoms with Crippen molar-refractivity contribution in [3.05, 3.63) is 54.4 Å². The van der Waals surface area contributed by atoms with E-state index >= 15 is 0 Å². The topological polar surface area (TPSA) is 88.6 Å². The number of pyridine rings is 1. The van der Waals surface area contributed by atoms with Crippen LogP contribution in [0.2, 0.25) is 0 Å². The summed E-state index contributed by atoms with van der Waals surface area (Å²) < 4.78 is 30.0. The second-order valence-corrected chi connectivity index (χ2v) is 7.83. The molecule has 2 rings (SSSR count). The van der Waals surface area contributed by atoms with Crippen LogP contribution < -0.4 is 14.4 Å². The first kappa shape index (κ1) is 19.7. The lowest BCUT2D eigenvalue weighted by atomic mass is 10.2. The van der Waals surface area contributed by atoms with Crippen LogP contribution in [0.4, 0.5) is 5.69 Å². The Hall–Kier alpha value is -2.61. The molecule has 140 valence electrons. The highest BCUT2D eigenvalue weighted by Crippen LogP contribution is 2.21. The highest BCUT2D eigenvalue weighted by Gasteiger charge is 2.18. The minimum atomic E-state index is -3.32. The lowest BCUT2D eigenvalue weighted by Crippen LogP contribution is -2.37. The lowest BCUT2D eigenvalue weighted by molar-refractivity contribution is -0.128. The first-order valence-corrected chi connectivity index (χ1v) is 10.0. The average Bonchev–Trinajstić information content (AvgIpc) is 2.64. The number of carbonyl (C=O) groups is 1. The van der Waals surface area contributed by atoms with Crippen LogP contribution in [0.15, 0.2) is 48.8 Å². The molecule has 7 nitrogen and oxygen atoms in total. The quantitative estimate of drug-likeness (QED) is 0.760. The minimum absolute atomic E-state index is 0.214. The summed E-state index contributed by atoms with van der Waals surface area (Å²) >= 11 is 0. The Morgan fingerprint density at radius 2 is 1.96 bits per heavy atom. The van der Waals surface area contributed by atoms with Crippen molar-refractivity contribution in [2.75, 3.05) is 17.6 Å². The fourth-order valence-electron chi connectivity index (χ4n) is 2.22. The third-order valence-electron chi connectivity index (χ3n) is 3.83. The van der Waals surface area contributed by atoms with Crippen LogP contribution in [0, 0.1) is 0 Å². The summed E-state index contributed by atoms with van der Waals surface area (Å²) in [6, 6.07) is 10.3. The zero-order valence-electron chi connectivity index (χ0n) is 15.0. The van der Waals surface area contributed by atoms with Crippen LogP contribution >= 0.6 is 0 Å². The van der Waals surface area contributed by atoms with Crippen molar-refractivity contribution in [2.24, 2.45) is 0 Å². The molecule has 26 heavy (non-hydrogen) atoms. The molecule has 0 aliphatic heterocycles. The monoisotopic (exact) mass is 377 g/mol. The summed E-state index contributed by atoms with van der Waals surface area (Å²) in [6.45, 7) is 2.24. The highest BCUT2D eigenvalue weighted by atomic mass is 32.2. The summed E-state index contributed by atoms with van der Waals surface area (Å²) in [5.41, 5.74) is 1.43. The molecule has 0 fully saturated rings. The van der Waals surface area contributed by atoms with Crippen LogP contribution in [-0.4, -0.2) is 38.7 Å². The Kier molecular flexibility index (Phi) is 6.57. The van der Waals surface area contributed by atoms with Crippen molar-refractivity contribution in [1.29, 1.82) is 0 Å². The second kappa shape index (κ2) is 8.66. The Morgan fingerprint density at radius 1 is 1.27 bits per heavy atom. The number of anilines is 1. The van der Waals surface area contributed by atoms with Gasteiger partial charge in [-0.25, -0.2) is 8.42 Å². The predicted molar refractivity (Wildman–Crippen MR) is 100 cm³/mol. The number of rotatable bonds is 8. The van der Waals surface area contributed by atoms with Gasteiger partial charge in [-0.3, -0.25) is 14.1 Å². The molecule has 0 saturated heterocycles. The summed E-state index contributed by atoms with van der Waals surface area (Å²) in [5, 5.41) is 2.83. The molecule has 8 heteroatoms. The molecular formula is C18H23N3O4S. The summed E-state index contributed by atoms with van der Waals surface area (Å²) in [6.07, 6.45) is 4.37. The van der Waals surface area contributed by atoms with Crippen molar-refractivity contribution in [3.8, 4) is 5.75 Å². The van der Waals surface area contributed by atoms with Gasteiger partial charge in [0.2, 0.25) is 10.0 Å². The molecule has 1 unspecified atom stereocenters. The number of benzene rings is 1. The molecule has 0 radical (unpaired) electrons. The zero-order chi connectivity index (χ0) is 19.2. The standard InChI is InChI=1S/C18H23N3O4S/c1-4-17(18(22)20-13-14-6-5-11-19-12-14)25-16-9-7-15(8-10-16)21(2)26(3,23)24/h5-12,17H,4,13H2,1-3H3,(H,20,22). The number of nitrogens with one attached hydrogen (secondary N) is 1. The molecule has 2 aromatic rings. The Labute approximate surface area is 154 Å². The summed E-state index contributed by atoms with van der Waals surface area (Å²) in [5.74, 6) is 0.285. The lowest BCUT2D eigenvalue weighted by Gasteiger charge is -2.19. The molecule has 1 aromatic heterocycles. The van der Waals surface area contributed by atoms with Crippen molar-refractivity contribution >= 4 is 21.6 Å². The van der Waals surface area contributed by atoms with Gasteiger partial charge >= 0.3 is 0 Å². The number of aromatic nitrogens is 1. The molecule has 1 N–H and O–H groups in total. The zero-order valence-corrected chi connectivity index (χ0v) is 15.9. The molecule has 0 aliphatic carbocycles. The van der Waals surface area contributed by atoms with Crippen LogP contribution in [0.3, 0.4) is 0 Å². The maximum atomic E-state index is 12.3. The predicted octanol–water partition coefficient (Wildman–Crippen LogP) is 1.95. The van der Waals surface area contributed by atoms with Gasteiger partial charge in [-0.05, 0) is 42.3 Å². The van der Waals surface area contributed by atoms with Gasteiger partial charge in [-0.15, -0.1) is 0 Å². The molecule has 0 aliphatic rings. The highest BCUT2D eigenvalue weighted by molar-refractivity contribution is 7.92. The van der Waals surface area contributed by atoms with Gasteiger partial charge in [0.05, 0.1) is 11.9 Å². The van der Waals surface area contributed by atoms with Crippen molar-refractivity contribution in [2.45, 2.75) is 26.0 Å². The molecule has 1 aromatic carbocycles. The van der Waals surface area contributed by atoms with Crippen molar-refractivity contribution in [3.63, 3.8) is 0 Å². The third-order valence-corrected chi connectivity index (χ3v) is 5.03. The van der Waals surface area contributed by atoms with Crippen LogP contribution in [-0.2, 0) is 21.4 Å². The number of carbonyl (C=O) groups excluding carboxylic acids is 1. The van der Waals surface area contributed by atoms with E-state index < -0.39 is 16.1 Å². The van der Waals surface area contributed by atoms with Gasteiger partial charge in [0.1, 0.15) is 5.75 Å². The van der Waals surface area contributed by atoms with E-state index in [1.54, 1.807) is 36.7 Å². The summed E-state index contributed by atoms with van der Waals surface area (Å²) in [7, 11) is -1.84. The van der Waals surface area contributed by atoms with E-state index in [2.05, 4.69) is 10.3 Å². The van der Waals surface area contributed by atoms with Crippen LogP contribution in [0.5, 0.6) is 5.75 Å². The minimum Gasteiger partial charge on any atom is -0.481 e. The average molecular weight is 377 g/mol. The van der Waals surface area contributed by atoms with Crippen LogP contribution in [0.1, 0.15) is 18.9 Å². The van der Waals surface area contributed by atoms with Crippen molar-refractivity contribution < 1.29 is 17.9 Å². The van der Waals surface area contributed by atoms with E-state index in [-0.39, 0.29) is 5.91 Å². The normalized spacial score (nSPS) is 12.3. The molecule has 0 bridgehead atoms. The number of hydrogen-bond donors (Lipinski definition) is 1. The number of nitrogens with zero attached hydrogens (tertiary/aromatic N) is 2. The van der Waals surface area contributed by atoms with E-state index in [1.807, 2.05) is 19.1 Å². The Bertz CT molecular complexity index is 823. The van der Waals surface area contributed by atoms with Gasteiger partial charge in [0, 0.05) is 26.0 Å². The molecule has 0 spiro atoms. The molecule has 1 amide bonds. The molecular weight excluding hydrogens is 354 g/mol. The van der Waals surface area contributed by atoms with E-state index in [1.165, 1.54) is 11.4 Å². The first-order valence-electron chi connectivity index (χ1n) is 8.18. The van der Waals surface area contributed by atoms with Crippen molar-refractivity contribution in [1.82, 2.24) is 10.3 Å². The van der Waals surface area contributed by atoms with Gasteiger partial charge in [0.15, 0.2) is 6.10 Å². The Morgan fingerprint density at radius 3 is 2.50 bits per heavy atom. The second-order valence-electron chi connectivity index (χ2n) is 5.82. The first-order chi connectivity index (χ1) is 12.3. The van der Waals surface area contributed by atoms with Gasteiger partial charge in [-0.1, -0.05) is 13.0 Å². The fourth-order valence-corrected chi connectivity index (χ4v) is 2.72. The smallest absolute Gasteiger partial charge is 0.261 e. The SMILES string of the molecule is CCC(Oc1ccc(N(C)S(C)(=O)=O)cc1)C(=O)NCc1cccnc1. The number of ether oxygens (including phenoxy) is 1. The van der Waals surface area contributed by atoms with E-state index in [0.29, 0.717) is 24.4 Å². The maximum absolute atomic E-state index is 12.3. The largest absolute Gasteiger partial charge is 0.481 e. The molecule has 1 heterocycles.